The van der Waals surface area contributed by atoms with E-state index >= 15 is 0 Å². The lowest BCUT2D eigenvalue weighted by Gasteiger charge is -2.54. The molecule has 1 aromatic carbocycles. The van der Waals surface area contributed by atoms with E-state index in [4.69, 9.17) is 4.74 Å². The standard InChI is InChI=1S/C17H26BrNO/c1-4-9-19-15-11-16(17(15,3)5-2)20-12-13-7-6-8-14(18)10-13/h6-8,10,15-16,19H,4-5,9,11-12H2,1-3H3. The zero-order valence-electron chi connectivity index (χ0n) is 12.8. The van der Waals surface area contributed by atoms with Crippen molar-refractivity contribution >= 4 is 15.9 Å². The molecule has 1 N–H and O–H groups in total. The Morgan fingerprint density at radius 2 is 2.20 bits per heavy atom. The van der Waals surface area contributed by atoms with Gasteiger partial charge in [0.25, 0.3) is 0 Å². The fraction of sp³-hybridized carbons (Fsp3) is 0.647. The van der Waals surface area contributed by atoms with Crippen molar-refractivity contribution in [3.05, 3.63) is 34.3 Å². The molecule has 1 aliphatic carbocycles. The maximum absolute atomic E-state index is 6.17. The molecule has 1 fully saturated rings. The number of hydrogen-bond acceptors (Lipinski definition) is 2. The van der Waals surface area contributed by atoms with Crippen LogP contribution in [0.3, 0.4) is 0 Å². The van der Waals surface area contributed by atoms with Gasteiger partial charge in [-0.3, -0.25) is 0 Å². The summed E-state index contributed by atoms with van der Waals surface area (Å²) in [5, 5.41) is 3.66. The zero-order valence-corrected chi connectivity index (χ0v) is 14.4. The predicted octanol–water partition coefficient (Wildman–Crippen LogP) is 4.52. The summed E-state index contributed by atoms with van der Waals surface area (Å²) in [5.74, 6) is 0. The second kappa shape index (κ2) is 7.06. The zero-order chi connectivity index (χ0) is 14.6. The van der Waals surface area contributed by atoms with Crippen LogP contribution in [0, 0.1) is 5.41 Å². The molecule has 0 amide bonds. The molecule has 1 aromatic rings. The van der Waals surface area contributed by atoms with Crippen molar-refractivity contribution in [2.24, 2.45) is 5.41 Å². The van der Waals surface area contributed by atoms with E-state index in [2.05, 4.69) is 60.2 Å². The Labute approximate surface area is 131 Å². The van der Waals surface area contributed by atoms with Crippen molar-refractivity contribution in [2.45, 2.75) is 58.8 Å². The second-order valence-corrected chi connectivity index (χ2v) is 6.95. The highest BCUT2D eigenvalue weighted by Crippen LogP contribution is 2.46. The van der Waals surface area contributed by atoms with Gasteiger partial charge in [-0.2, -0.15) is 0 Å². The van der Waals surface area contributed by atoms with Crippen molar-refractivity contribution in [3.63, 3.8) is 0 Å². The molecule has 0 heterocycles. The van der Waals surface area contributed by atoms with Gasteiger partial charge in [0.1, 0.15) is 0 Å². The van der Waals surface area contributed by atoms with E-state index < -0.39 is 0 Å². The summed E-state index contributed by atoms with van der Waals surface area (Å²) in [7, 11) is 0. The summed E-state index contributed by atoms with van der Waals surface area (Å²) in [5.41, 5.74) is 1.52. The Bertz CT molecular complexity index is 437. The summed E-state index contributed by atoms with van der Waals surface area (Å²) in [6, 6.07) is 8.98. The molecule has 20 heavy (non-hydrogen) atoms. The Kier molecular flexibility index (Phi) is 5.65. The maximum Gasteiger partial charge on any atom is 0.0721 e. The van der Waals surface area contributed by atoms with Crippen LogP contribution in [0.2, 0.25) is 0 Å². The highest BCUT2D eigenvalue weighted by molar-refractivity contribution is 9.10. The van der Waals surface area contributed by atoms with Crippen LogP contribution in [0.1, 0.15) is 45.6 Å². The summed E-state index contributed by atoms with van der Waals surface area (Å²) in [6.45, 7) is 8.67. The molecule has 1 saturated carbocycles. The Hall–Kier alpha value is -0.380. The summed E-state index contributed by atoms with van der Waals surface area (Å²) in [4.78, 5) is 0. The number of hydrogen-bond donors (Lipinski definition) is 1. The highest BCUT2D eigenvalue weighted by atomic mass is 79.9. The van der Waals surface area contributed by atoms with Gasteiger partial charge < -0.3 is 10.1 Å². The number of benzene rings is 1. The monoisotopic (exact) mass is 339 g/mol. The Morgan fingerprint density at radius 1 is 1.40 bits per heavy atom. The third-order valence-corrected chi connectivity index (χ3v) is 5.22. The van der Waals surface area contributed by atoms with Gasteiger partial charge in [0.05, 0.1) is 12.7 Å². The predicted molar refractivity (Wildman–Crippen MR) is 87.8 cm³/mol. The maximum atomic E-state index is 6.17. The van der Waals surface area contributed by atoms with Crippen LogP contribution < -0.4 is 5.32 Å². The SMILES string of the molecule is CCCNC1CC(OCc2cccc(Br)c2)C1(C)CC. The fourth-order valence-corrected chi connectivity index (χ4v) is 3.45. The minimum absolute atomic E-state index is 0.279. The first-order chi connectivity index (χ1) is 9.60. The molecular weight excluding hydrogens is 314 g/mol. The first-order valence-corrected chi connectivity index (χ1v) is 8.49. The fourth-order valence-electron chi connectivity index (χ4n) is 3.01. The largest absolute Gasteiger partial charge is 0.373 e. The molecule has 3 heteroatoms. The molecule has 0 saturated heterocycles. The van der Waals surface area contributed by atoms with E-state index in [0.717, 1.165) is 23.9 Å². The highest BCUT2D eigenvalue weighted by Gasteiger charge is 2.50. The summed E-state index contributed by atoms with van der Waals surface area (Å²) < 4.78 is 7.29. The van der Waals surface area contributed by atoms with Crippen LogP contribution in [-0.2, 0) is 11.3 Å². The van der Waals surface area contributed by atoms with E-state index in [1.807, 2.05) is 6.07 Å². The molecule has 1 aliphatic rings. The van der Waals surface area contributed by atoms with Crippen molar-refractivity contribution < 1.29 is 4.74 Å². The van der Waals surface area contributed by atoms with Crippen molar-refractivity contribution in [1.29, 1.82) is 0 Å². The molecule has 0 bridgehead atoms. The lowest BCUT2D eigenvalue weighted by molar-refractivity contribution is -0.135. The normalized spacial score (nSPS) is 29.2. The van der Waals surface area contributed by atoms with Crippen molar-refractivity contribution in [3.8, 4) is 0 Å². The van der Waals surface area contributed by atoms with Crippen LogP contribution >= 0.6 is 15.9 Å². The Balaban J connectivity index is 1.87. The number of ether oxygens (including phenoxy) is 1. The van der Waals surface area contributed by atoms with Crippen molar-refractivity contribution in [2.75, 3.05) is 6.54 Å². The smallest absolute Gasteiger partial charge is 0.0721 e. The molecule has 0 aromatic heterocycles. The van der Waals surface area contributed by atoms with Gasteiger partial charge in [-0.15, -0.1) is 0 Å². The van der Waals surface area contributed by atoms with Crippen LogP contribution in [-0.4, -0.2) is 18.7 Å². The molecule has 0 aliphatic heterocycles. The first kappa shape index (κ1) is 16.0. The molecule has 2 nitrogen and oxygen atoms in total. The third-order valence-electron chi connectivity index (χ3n) is 4.72. The second-order valence-electron chi connectivity index (χ2n) is 6.03. The molecular formula is C17H26BrNO. The van der Waals surface area contributed by atoms with Gasteiger partial charge >= 0.3 is 0 Å². The minimum atomic E-state index is 0.279. The quantitative estimate of drug-likeness (QED) is 0.788. The Morgan fingerprint density at radius 3 is 2.85 bits per heavy atom. The lowest BCUT2D eigenvalue weighted by Crippen LogP contribution is -2.62. The average molecular weight is 340 g/mol. The number of nitrogens with one attached hydrogen (secondary N) is 1. The summed E-state index contributed by atoms with van der Waals surface area (Å²) in [6.07, 6.45) is 3.87. The molecule has 2 rings (SSSR count). The molecule has 112 valence electrons. The van der Waals surface area contributed by atoms with E-state index in [0.29, 0.717) is 18.8 Å². The van der Waals surface area contributed by atoms with Gasteiger partial charge in [-0.05, 0) is 43.5 Å². The first-order valence-electron chi connectivity index (χ1n) is 7.69. The van der Waals surface area contributed by atoms with Gasteiger partial charge in [0.2, 0.25) is 0 Å². The third kappa shape index (κ3) is 3.44. The lowest BCUT2D eigenvalue weighted by atomic mass is 9.61. The summed E-state index contributed by atoms with van der Waals surface area (Å²) >= 11 is 3.51. The van der Waals surface area contributed by atoms with Gasteiger partial charge in [-0.25, -0.2) is 0 Å². The van der Waals surface area contributed by atoms with E-state index in [9.17, 15) is 0 Å². The topological polar surface area (TPSA) is 21.3 Å². The van der Waals surface area contributed by atoms with Crippen LogP contribution in [0.25, 0.3) is 0 Å². The van der Waals surface area contributed by atoms with E-state index in [1.165, 1.54) is 12.0 Å². The molecule has 0 spiro atoms. The molecule has 3 unspecified atom stereocenters. The van der Waals surface area contributed by atoms with Crippen molar-refractivity contribution in [1.82, 2.24) is 5.32 Å². The van der Waals surface area contributed by atoms with Crippen LogP contribution in [0.15, 0.2) is 28.7 Å². The van der Waals surface area contributed by atoms with Crippen LogP contribution in [0.5, 0.6) is 0 Å². The van der Waals surface area contributed by atoms with Gasteiger partial charge in [0, 0.05) is 15.9 Å². The number of halogens is 1. The van der Waals surface area contributed by atoms with Gasteiger partial charge in [-0.1, -0.05) is 48.8 Å². The molecule has 3 atom stereocenters. The minimum Gasteiger partial charge on any atom is -0.373 e. The number of rotatable bonds is 7. The average Bonchev–Trinajstić information content (AvgIpc) is 2.45. The van der Waals surface area contributed by atoms with E-state index in [-0.39, 0.29) is 5.41 Å². The van der Waals surface area contributed by atoms with Gasteiger partial charge in [0.15, 0.2) is 0 Å². The van der Waals surface area contributed by atoms with E-state index in [1.54, 1.807) is 0 Å². The molecule has 0 radical (unpaired) electrons. The van der Waals surface area contributed by atoms with Crippen LogP contribution in [0.4, 0.5) is 0 Å².